The van der Waals surface area contributed by atoms with Crippen LogP contribution < -0.4 is 14.8 Å². The van der Waals surface area contributed by atoms with Crippen LogP contribution in [-0.4, -0.2) is 37.6 Å². The molecule has 0 aliphatic heterocycles. The molecule has 0 atom stereocenters. The maximum atomic E-state index is 12.1. The number of rotatable bonds is 8. The lowest BCUT2D eigenvalue weighted by Gasteiger charge is -2.08. The lowest BCUT2D eigenvalue weighted by atomic mass is 10.2. The summed E-state index contributed by atoms with van der Waals surface area (Å²) in [5.74, 6) is -2.11. The fraction of sp³-hybridized carbons (Fsp3) is 0.167. The molecule has 2 amide bonds. The van der Waals surface area contributed by atoms with E-state index in [1.165, 1.54) is 12.1 Å². The number of amides is 2. The number of alkyl halides is 2. The van der Waals surface area contributed by atoms with Crippen molar-refractivity contribution in [3.8, 4) is 11.5 Å². The minimum Gasteiger partial charge on any atom is -0.482 e. The van der Waals surface area contributed by atoms with Gasteiger partial charge < -0.3 is 14.2 Å². The Balaban J connectivity index is 1.72. The van der Waals surface area contributed by atoms with E-state index in [0.29, 0.717) is 5.75 Å². The number of benzene rings is 2. The van der Waals surface area contributed by atoms with Crippen LogP contribution in [0.1, 0.15) is 10.4 Å². The second-order valence-electron chi connectivity index (χ2n) is 5.18. The molecule has 0 unspecified atom stereocenters. The van der Waals surface area contributed by atoms with Crippen molar-refractivity contribution in [2.24, 2.45) is 0 Å². The predicted molar refractivity (Wildman–Crippen MR) is 96.1 cm³/mol. The van der Waals surface area contributed by atoms with Crippen molar-refractivity contribution in [1.82, 2.24) is 5.32 Å². The van der Waals surface area contributed by atoms with E-state index in [-0.39, 0.29) is 11.3 Å². The topological polar surface area (TPSA) is 90.9 Å². The average Bonchev–Trinajstić information content (AvgIpc) is 2.66. The number of esters is 1. The molecule has 0 saturated carbocycles. The van der Waals surface area contributed by atoms with Gasteiger partial charge in [0, 0.05) is 10.0 Å². The first-order valence-electron chi connectivity index (χ1n) is 7.76. The molecule has 28 heavy (non-hydrogen) atoms. The second kappa shape index (κ2) is 10.4. The SMILES string of the molecule is O=C(COC(=O)COc1ccc(Br)cc1)NC(=O)c1ccc(OC(F)F)cc1. The second-order valence-corrected chi connectivity index (χ2v) is 6.10. The van der Waals surface area contributed by atoms with Gasteiger partial charge in [0.2, 0.25) is 0 Å². The molecule has 2 aromatic carbocycles. The van der Waals surface area contributed by atoms with Gasteiger partial charge in [0.05, 0.1) is 0 Å². The van der Waals surface area contributed by atoms with Gasteiger partial charge in [0.25, 0.3) is 11.8 Å². The maximum absolute atomic E-state index is 12.1. The Bertz CT molecular complexity index is 827. The summed E-state index contributed by atoms with van der Waals surface area (Å²) in [6.45, 7) is -4.07. The lowest BCUT2D eigenvalue weighted by molar-refractivity contribution is -0.150. The number of carbonyl (C=O) groups is 3. The van der Waals surface area contributed by atoms with Crippen molar-refractivity contribution in [3.63, 3.8) is 0 Å². The first-order chi connectivity index (χ1) is 13.3. The summed E-state index contributed by atoms with van der Waals surface area (Å²) in [5.41, 5.74) is 0.0415. The summed E-state index contributed by atoms with van der Waals surface area (Å²) in [6.07, 6.45) is 0. The number of hydrogen-bond donors (Lipinski definition) is 1. The third-order valence-electron chi connectivity index (χ3n) is 3.13. The van der Waals surface area contributed by atoms with E-state index in [0.717, 1.165) is 16.6 Å². The molecule has 0 aromatic heterocycles. The zero-order valence-electron chi connectivity index (χ0n) is 14.2. The normalized spacial score (nSPS) is 10.3. The monoisotopic (exact) mass is 457 g/mol. The maximum Gasteiger partial charge on any atom is 0.387 e. The number of hydrogen-bond acceptors (Lipinski definition) is 6. The highest BCUT2D eigenvalue weighted by atomic mass is 79.9. The molecule has 2 rings (SSSR count). The molecule has 10 heteroatoms. The Morgan fingerprint density at radius 2 is 1.54 bits per heavy atom. The third-order valence-corrected chi connectivity index (χ3v) is 3.66. The zero-order chi connectivity index (χ0) is 20.5. The van der Waals surface area contributed by atoms with Gasteiger partial charge in [0.15, 0.2) is 13.2 Å². The van der Waals surface area contributed by atoms with E-state index in [9.17, 15) is 23.2 Å². The number of nitrogens with one attached hydrogen (secondary N) is 1. The number of halogens is 3. The first kappa shape index (κ1) is 21.3. The molecule has 0 aliphatic rings. The smallest absolute Gasteiger partial charge is 0.387 e. The van der Waals surface area contributed by atoms with Crippen LogP contribution >= 0.6 is 15.9 Å². The molecule has 0 heterocycles. The Hall–Kier alpha value is -3.01. The Labute approximate surface area is 166 Å². The highest BCUT2D eigenvalue weighted by Gasteiger charge is 2.14. The summed E-state index contributed by atoms with van der Waals surface area (Å²) < 4.78 is 39.0. The number of carbonyl (C=O) groups excluding carboxylic acids is 3. The van der Waals surface area contributed by atoms with Crippen LogP contribution in [0.25, 0.3) is 0 Å². The van der Waals surface area contributed by atoms with E-state index < -0.39 is 37.6 Å². The zero-order valence-corrected chi connectivity index (χ0v) is 15.8. The summed E-state index contributed by atoms with van der Waals surface area (Å²) in [4.78, 5) is 35.1. The molecule has 0 aliphatic carbocycles. The van der Waals surface area contributed by atoms with Crippen LogP contribution in [0.2, 0.25) is 0 Å². The van der Waals surface area contributed by atoms with E-state index in [2.05, 4.69) is 20.7 Å². The van der Waals surface area contributed by atoms with Gasteiger partial charge in [-0.2, -0.15) is 8.78 Å². The molecule has 7 nitrogen and oxygen atoms in total. The van der Waals surface area contributed by atoms with Crippen LogP contribution in [-0.2, 0) is 14.3 Å². The minimum atomic E-state index is -2.98. The van der Waals surface area contributed by atoms with Crippen molar-refractivity contribution in [2.75, 3.05) is 13.2 Å². The lowest BCUT2D eigenvalue weighted by Crippen LogP contribution is -2.34. The summed E-state index contributed by atoms with van der Waals surface area (Å²) in [5, 5.41) is 2.00. The van der Waals surface area contributed by atoms with Crippen molar-refractivity contribution < 1.29 is 37.4 Å². The van der Waals surface area contributed by atoms with Gasteiger partial charge in [-0.05, 0) is 48.5 Å². The molecular weight excluding hydrogens is 444 g/mol. The van der Waals surface area contributed by atoms with Gasteiger partial charge in [-0.15, -0.1) is 0 Å². The van der Waals surface area contributed by atoms with Crippen molar-refractivity contribution >= 4 is 33.7 Å². The number of imide groups is 1. The summed E-state index contributed by atoms with van der Waals surface area (Å²) in [6, 6.07) is 11.5. The van der Waals surface area contributed by atoms with Crippen LogP contribution in [0.4, 0.5) is 8.78 Å². The van der Waals surface area contributed by atoms with Gasteiger partial charge in [0.1, 0.15) is 11.5 Å². The molecule has 0 radical (unpaired) electrons. The van der Waals surface area contributed by atoms with Crippen LogP contribution in [0, 0.1) is 0 Å². The largest absolute Gasteiger partial charge is 0.482 e. The molecule has 148 valence electrons. The minimum absolute atomic E-state index is 0.0415. The fourth-order valence-corrected chi connectivity index (χ4v) is 2.15. The summed E-state index contributed by atoms with van der Waals surface area (Å²) >= 11 is 3.26. The highest BCUT2D eigenvalue weighted by molar-refractivity contribution is 9.10. The van der Waals surface area contributed by atoms with Gasteiger partial charge in [-0.3, -0.25) is 14.9 Å². The molecule has 0 spiro atoms. The van der Waals surface area contributed by atoms with Crippen LogP contribution in [0.15, 0.2) is 53.0 Å². The standard InChI is InChI=1S/C18H14BrF2NO6/c19-12-3-7-13(8-4-12)26-10-16(24)27-9-15(23)22-17(25)11-1-5-14(6-2-11)28-18(20)21/h1-8,18H,9-10H2,(H,22,23,25). The third kappa shape index (κ3) is 7.31. The fourth-order valence-electron chi connectivity index (χ4n) is 1.88. The molecule has 1 N–H and O–H groups in total. The molecule has 0 saturated heterocycles. The Morgan fingerprint density at radius 1 is 0.929 bits per heavy atom. The molecule has 0 bridgehead atoms. The Kier molecular flexibility index (Phi) is 7.88. The summed E-state index contributed by atoms with van der Waals surface area (Å²) in [7, 11) is 0. The van der Waals surface area contributed by atoms with E-state index in [4.69, 9.17) is 9.47 Å². The number of ether oxygens (including phenoxy) is 3. The van der Waals surface area contributed by atoms with E-state index >= 15 is 0 Å². The highest BCUT2D eigenvalue weighted by Crippen LogP contribution is 2.16. The van der Waals surface area contributed by atoms with Gasteiger partial charge >= 0.3 is 12.6 Å². The van der Waals surface area contributed by atoms with Gasteiger partial charge in [-0.1, -0.05) is 15.9 Å². The van der Waals surface area contributed by atoms with Crippen molar-refractivity contribution in [2.45, 2.75) is 6.61 Å². The van der Waals surface area contributed by atoms with E-state index in [1.54, 1.807) is 24.3 Å². The quantitative estimate of drug-likeness (QED) is 0.612. The van der Waals surface area contributed by atoms with Gasteiger partial charge in [-0.25, -0.2) is 4.79 Å². The molecule has 2 aromatic rings. The average molecular weight is 458 g/mol. The first-order valence-corrected chi connectivity index (χ1v) is 8.56. The predicted octanol–water partition coefficient (Wildman–Crippen LogP) is 2.93. The molecular formula is C18H14BrF2NO6. The molecule has 0 fully saturated rings. The van der Waals surface area contributed by atoms with Crippen LogP contribution in [0.3, 0.4) is 0 Å². The van der Waals surface area contributed by atoms with Crippen molar-refractivity contribution in [1.29, 1.82) is 0 Å². The van der Waals surface area contributed by atoms with E-state index in [1.807, 2.05) is 5.32 Å². The van der Waals surface area contributed by atoms with Crippen molar-refractivity contribution in [3.05, 3.63) is 58.6 Å². The van der Waals surface area contributed by atoms with Crippen LogP contribution in [0.5, 0.6) is 11.5 Å². The Morgan fingerprint density at radius 3 is 2.14 bits per heavy atom.